The Kier molecular flexibility index (Phi) is 7.52. The SMILES string of the molecule is CCCCn1c(SC(C)C(=O)NCc2ccccc2OC)nc2ccccc2c1=O. The highest BCUT2D eigenvalue weighted by Crippen LogP contribution is 2.23. The zero-order chi connectivity index (χ0) is 21.5. The van der Waals surface area contributed by atoms with Crippen molar-refractivity contribution in [1.82, 2.24) is 14.9 Å². The summed E-state index contributed by atoms with van der Waals surface area (Å²) in [5, 5.41) is 3.73. The molecule has 0 radical (unpaired) electrons. The lowest BCUT2D eigenvalue weighted by Gasteiger charge is -2.16. The molecular weight excluding hydrogens is 398 g/mol. The van der Waals surface area contributed by atoms with Crippen molar-refractivity contribution in [1.29, 1.82) is 0 Å². The molecule has 0 saturated carbocycles. The molecule has 3 aromatic rings. The number of nitrogens with zero attached hydrogens (tertiary/aromatic N) is 2. The maximum Gasteiger partial charge on any atom is 0.262 e. The molecule has 1 unspecified atom stereocenters. The monoisotopic (exact) mass is 425 g/mol. The number of hydrogen-bond donors (Lipinski definition) is 1. The molecule has 1 atom stereocenters. The van der Waals surface area contributed by atoms with Gasteiger partial charge in [-0.3, -0.25) is 14.2 Å². The summed E-state index contributed by atoms with van der Waals surface area (Å²) in [5.41, 5.74) is 1.51. The summed E-state index contributed by atoms with van der Waals surface area (Å²) in [5.74, 6) is 0.623. The number of benzene rings is 2. The zero-order valence-electron chi connectivity index (χ0n) is 17.6. The van der Waals surface area contributed by atoms with Crippen LogP contribution in [0.5, 0.6) is 5.75 Å². The van der Waals surface area contributed by atoms with Gasteiger partial charge in [0, 0.05) is 18.7 Å². The van der Waals surface area contributed by atoms with Gasteiger partial charge in [0.05, 0.1) is 23.3 Å². The van der Waals surface area contributed by atoms with Gasteiger partial charge in [0.15, 0.2) is 5.16 Å². The van der Waals surface area contributed by atoms with Crippen LogP contribution in [0.1, 0.15) is 32.3 Å². The molecule has 6 nitrogen and oxygen atoms in total. The lowest BCUT2D eigenvalue weighted by Crippen LogP contribution is -2.32. The van der Waals surface area contributed by atoms with Gasteiger partial charge >= 0.3 is 0 Å². The number of carbonyl (C=O) groups excluding carboxylic acids is 1. The normalized spacial score (nSPS) is 12.0. The van der Waals surface area contributed by atoms with Crippen LogP contribution in [0.3, 0.4) is 0 Å². The van der Waals surface area contributed by atoms with Crippen molar-refractivity contribution in [3.63, 3.8) is 0 Å². The van der Waals surface area contributed by atoms with Gasteiger partial charge in [-0.15, -0.1) is 0 Å². The average Bonchev–Trinajstić information content (AvgIpc) is 2.77. The number of amides is 1. The fourth-order valence-electron chi connectivity index (χ4n) is 3.14. The van der Waals surface area contributed by atoms with E-state index in [1.54, 1.807) is 17.7 Å². The van der Waals surface area contributed by atoms with Crippen molar-refractivity contribution in [3.05, 3.63) is 64.4 Å². The zero-order valence-corrected chi connectivity index (χ0v) is 18.4. The Labute approximate surface area is 180 Å². The number of carbonyl (C=O) groups is 1. The molecule has 0 spiro atoms. The van der Waals surface area contributed by atoms with Crippen LogP contribution >= 0.6 is 11.8 Å². The summed E-state index contributed by atoms with van der Waals surface area (Å²) >= 11 is 1.31. The largest absolute Gasteiger partial charge is 0.496 e. The number of fused-ring (bicyclic) bond motifs is 1. The van der Waals surface area contributed by atoms with Gasteiger partial charge in [0.2, 0.25) is 5.91 Å². The molecule has 1 N–H and O–H groups in total. The highest BCUT2D eigenvalue weighted by atomic mass is 32.2. The number of methoxy groups -OCH3 is 1. The maximum absolute atomic E-state index is 13.0. The Bertz CT molecular complexity index is 1080. The van der Waals surface area contributed by atoms with E-state index >= 15 is 0 Å². The molecule has 2 aromatic carbocycles. The Morgan fingerprint density at radius 2 is 1.93 bits per heavy atom. The number of hydrogen-bond acceptors (Lipinski definition) is 5. The maximum atomic E-state index is 13.0. The lowest BCUT2D eigenvalue weighted by molar-refractivity contribution is -0.120. The van der Waals surface area contributed by atoms with Crippen molar-refractivity contribution >= 4 is 28.6 Å². The number of aromatic nitrogens is 2. The van der Waals surface area contributed by atoms with Crippen LogP contribution in [0.25, 0.3) is 10.9 Å². The van der Waals surface area contributed by atoms with Gasteiger partial charge in [0.25, 0.3) is 5.56 Å². The van der Waals surface area contributed by atoms with E-state index in [0.29, 0.717) is 29.1 Å². The number of nitrogens with one attached hydrogen (secondary N) is 1. The van der Waals surface area contributed by atoms with Crippen LogP contribution in [-0.2, 0) is 17.9 Å². The molecule has 1 heterocycles. The third-order valence-electron chi connectivity index (χ3n) is 4.86. The Morgan fingerprint density at radius 3 is 2.70 bits per heavy atom. The smallest absolute Gasteiger partial charge is 0.262 e. The molecule has 3 rings (SSSR count). The van der Waals surface area contributed by atoms with E-state index in [4.69, 9.17) is 4.74 Å². The summed E-state index contributed by atoms with van der Waals surface area (Å²) in [6.07, 6.45) is 1.85. The van der Waals surface area contributed by atoms with Gasteiger partial charge in [-0.05, 0) is 31.5 Å². The average molecular weight is 426 g/mol. The van der Waals surface area contributed by atoms with Gasteiger partial charge in [-0.2, -0.15) is 0 Å². The molecule has 0 saturated heterocycles. The van der Waals surface area contributed by atoms with Gasteiger partial charge in [-0.1, -0.05) is 55.4 Å². The molecule has 0 bridgehead atoms. The number of unbranched alkanes of at least 4 members (excludes halogenated alkanes) is 1. The molecule has 0 aliphatic carbocycles. The minimum Gasteiger partial charge on any atom is -0.496 e. The third-order valence-corrected chi connectivity index (χ3v) is 5.95. The molecule has 1 amide bonds. The predicted molar refractivity (Wildman–Crippen MR) is 121 cm³/mol. The van der Waals surface area contributed by atoms with Crippen molar-refractivity contribution in [2.75, 3.05) is 7.11 Å². The fraction of sp³-hybridized carbons (Fsp3) is 0.348. The minimum absolute atomic E-state index is 0.0572. The second-order valence-corrected chi connectivity index (χ2v) is 8.32. The van der Waals surface area contributed by atoms with E-state index in [2.05, 4.69) is 17.2 Å². The van der Waals surface area contributed by atoms with Crippen molar-refractivity contribution in [2.45, 2.75) is 50.2 Å². The summed E-state index contributed by atoms with van der Waals surface area (Å²) in [4.78, 5) is 30.4. The lowest BCUT2D eigenvalue weighted by atomic mass is 10.2. The number of rotatable bonds is 9. The van der Waals surface area contributed by atoms with Crippen LogP contribution in [0.2, 0.25) is 0 Å². The van der Waals surface area contributed by atoms with E-state index < -0.39 is 5.25 Å². The molecule has 7 heteroatoms. The van der Waals surface area contributed by atoms with Crippen LogP contribution in [0.15, 0.2) is 58.5 Å². The van der Waals surface area contributed by atoms with Crippen molar-refractivity contribution in [2.24, 2.45) is 0 Å². The Hall–Kier alpha value is -2.80. The standard InChI is InChI=1S/C23H27N3O3S/c1-4-5-14-26-22(28)18-11-7-8-12-19(18)25-23(26)30-16(2)21(27)24-15-17-10-6-9-13-20(17)29-3/h6-13,16H,4-5,14-15H2,1-3H3,(H,24,27). The topological polar surface area (TPSA) is 73.2 Å². The summed E-state index contributed by atoms with van der Waals surface area (Å²) < 4.78 is 7.03. The van der Waals surface area contributed by atoms with Gasteiger partial charge in [-0.25, -0.2) is 4.98 Å². The van der Waals surface area contributed by atoms with Crippen LogP contribution in [0.4, 0.5) is 0 Å². The van der Waals surface area contributed by atoms with Crippen LogP contribution < -0.4 is 15.6 Å². The molecule has 0 fully saturated rings. The van der Waals surface area contributed by atoms with E-state index in [1.165, 1.54) is 11.8 Å². The number of ether oxygens (including phenoxy) is 1. The first kappa shape index (κ1) is 21.9. The second-order valence-electron chi connectivity index (χ2n) is 7.01. The highest BCUT2D eigenvalue weighted by Gasteiger charge is 2.19. The number of para-hydroxylation sites is 2. The molecule has 0 aliphatic heterocycles. The van der Waals surface area contributed by atoms with Gasteiger partial charge in [0.1, 0.15) is 5.75 Å². The van der Waals surface area contributed by atoms with Crippen LogP contribution in [-0.4, -0.2) is 27.8 Å². The highest BCUT2D eigenvalue weighted by molar-refractivity contribution is 8.00. The van der Waals surface area contributed by atoms with Crippen LogP contribution in [0, 0.1) is 0 Å². The summed E-state index contributed by atoms with van der Waals surface area (Å²) in [7, 11) is 1.61. The Balaban J connectivity index is 1.78. The predicted octanol–water partition coefficient (Wildman–Crippen LogP) is 4.00. The molecule has 0 aliphatic rings. The first-order valence-corrected chi connectivity index (χ1v) is 11.0. The molecule has 30 heavy (non-hydrogen) atoms. The summed E-state index contributed by atoms with van der Waals surface area (Å²) in [6, 6.07) is 14.9. The minimum atomic E-state index is -0.402. The molecule has 158 valence electrons. The van der Waals surface area contributed by atoms with E-state index in [-0.39, 0.29) is 11.5 Å². The van der Waals surface area contributed by atoms with Crippen molar-refractivity contribution < 1.29 is 9.53 Å². The molecule has 1 aromatic heterocycles. The Morgan fingerprint density at radius 1 is 1.20 bits per heavy atom. The first-order chi connectivity index (χ1) is 14.5. The first-order valence-electron chi connectivity index (χ1n) is 10.1. The third kappa shape index (κ3) is 5.02. The van der Waals surface area contributed by atoms with E-state index in [9.17, 15) is 9.59 Å². The molecular formula is C23H27N3O3S. The van der Waals surface area contributed by atoms with E-state index in [0.717, 1.165) is 24.2 Å². The van der Waals surface area contributed by atoms with E-state index in [1.807, 2.05) is 49.4 Å². The van der Waals surface area contributed by atoms with Crippen molar-refractivity contribution in [3.8, 4) is 5.75 Å². The second kappa shape index (κ2) is 10.3. The number of thioether (sulfide) groups is 1. The quantitative estimate of drug-likeness (QED) is 0.414. The van der Waals surface area contributed by atoms with Gasteiger partial charge < -0.3 is 10.1 Å². The fourth-order valence-corrected chi connectivity index (χ4v) is 4.10. The summed E-state index contributed by atoms with van der Waals surface area (Å²) in [6.45, 7) is 4.88.